The van der Waals surface area contributed by atoms with Gasteiger partial charge in [-0.15, -0.1) is 6.42 Å². The van der Waals surface area contributed by atoms with Crippen molar-refractivity contribution in [1.29, 1.82) is 0 Å². The third kappa shape index (κ3) is 7.51. The van der Waals surface area contributed by atoms with Crippen LogP contribution in [0.15, 0.2) is 46.1 Å². The average molecular weight is 436 g/mol. The van der Waals surface area contributed by atoms with Gasteiger partial charge in [-0.1, -0.05) is 18.1 Å². The minimum atomic E-state index is -3.55. The predicted molar refractivity (Wildman–Crippen MR) is 113 cm³/mol. The molecule has 1 aromatic carbocycles. The molecule has 2 rings (SSSR count). The van der Waals surface area contributed by atoms with E-state index in [9.17, 15) is 18.0 Å². The first-order valence-corrected chi connectivity index (χ1v) is 11.0. The first kappa shape index (κ1) is 23.4. The normalized spacial score (nSPS) is 13.4. The van der Waals surface area contributed by atoms with Gasteiger partial charge in [0.25, 0.3) is 5.56 Å². The standard InChI is InChI=1S/C20H25N3O6S/c1-4-15(2)29-18-8-5-7-17(13-18)16(3)22-30(26,27)12-6-11-28-14-23-10-9-19(24)21-20(23)25/h1,5,7-10,13,15-16,22H,6,11-12,14H2,2-3H3,(H,21,24,25)/t15?,16-/m1/s1. The van der Waals surface area contributed by atoms with Gasteiger partial charge < -0.3 is 9.47 Å². The van der Waals surface area contributed by atoms with E-state index in [1.54, 1.807) is 38.1 Å². The summed E-state index contributed by atoms with van der Waals surface area (Å²) in [6.07, 6.45) is 6.47. The van der Waals surface area contributed by atoms with Crippen molar-refractivity contribution in [3.63, 3.8) is 0 Å². The highest BCUT2D eigenvalue weighted by atomic mass is 32.2. The lowest BCUT2D eigenvalue weighted by Crippen LogP contribution is -2.30. The molecule has 2 aromatic rings. The minimum absolute atomic E-state index is 0.0810. The largest absolute Gasteiger partial charge is 0.478 e. The molecular weight excluding hydrogens is 410 g/mol. The molecule has 1 heterocycles. The summed E-state index contributed by atoms with van der Waals surface area (Å²) in [7, 11) is -3.55. The van der Waals surface area contributed by atoms with Crippen LogP contribution in [-0.2, 0) is 21.5 Å². The molecule has 30 heavy (non-hydrogen) atoms. The van der Waals surface area contributed by atoms with Crippen LogP contribution in [0.3, 0.4) is 0 Å². The first-order chi connectivity index (χ1) is 14.2. The van der Waals surface area contributed by atoms with E-state index in [4.69, 9.17) is 15.9 Å². The second-order valence-electron chi connectivity index (χ2n) is 6.63. The molecule has 10 heteroatoms. The van der Waals surface area contributed by atoms with Crippen molar-refractivity contribution >= 4 is 10.0 Å². The monoisotopic (exact) mass is 435 g/mol. The van der Waals surface area contributed by atoms with Gasteiger partial charge >= 0.3 is 5.69 Å². The molecule has 0 aliphatic heterocycles. The summed E-state index contributed by atoms with van der Waals surface area (Å²) in [5.74, 6) is 2.90. The summed E-state index contributed by atoms with van der Waals surface area (Å²) in [5, 5.41) is 0. The maximum Gasteiger partial charge on any atom is 0.330 e. The van der Waals surface area contributed by atoms with Gasteiger partial charge in [-0.05, 0) is 38.0 Å². The Morgan fingerprint density at radius 3 is 2.73 bits per heavy atom. The summed E-state index contributed by atoms with van der Waals surface area (Å²) in [6, 6.07) is 7.81. The van der Waals surface area contributed by atoms with E-state index in [-0.39, 0.29) is 31.6 Å². The third-order valence-corrected chi connectivity index (χ3v) is 5.63. The fourth-order valence-corrected chi connectivity index (χ4v) is 3.84. The number of ether oxygens (including phenoxy) is 2. The van der Waals surface area contributed by atoms with Crippen LogP contribution >= 0.6 is 0 Å². The minimum Gasteiger partial charge on any atom is -0.478 e. The van der Waals surface area contributed by atoms with E-state index in [1.807, 2.05) is 0 Å². The fraction of sp³-hybridized carbons (Fsp3) is 0.400. The highest BCUT2D eigenvalue weighted by Crippen LogP contribution is 2.20. The van der Waals surface area contributed by atoms with E-state index < -0.39 is 27.3 Å². The summed E-state index contributed by atoms with van der Waals surface area (Å²) >= 11 is 0. The van der Waals surface area contributed by atoms with E-state index in [2.05, 4.69) is 15.6 Å². The molecule has 2 N–H and O–H groups in total. The van der Waals surface area contributed by atoms with Crippen molar-refractivity contribution < 1.29 is 17.9 Å². The summed E-state index contributed by atoms with van der Waals surface area (Å²) < 4.78 is 39.3. The number of hydrogen-bond acceptors (Lipinski definition) is 6. The molecule has 0 aliphatic rings. The van der Waals surface area contributed by atoms with E-state index >= 15 is 0 Å². The quantitative estimate of drug-likeness (QED) is 0.401. The van der Waals surface area contributed by atoms with Crippen LogP contribution < -0.4 is 20.7 Å². The Morgan fingerprint density at radius 2 is 2.03 bits per heavy atom. The number of aromatic amines is 1. The number of H-pyrrole nitrogens is 1. The van der Waals surface area contributed by atoms with Gasteiger partial charge in [0, 0.05) is 24.9 Å². The highest BCUT2D eigenvalue weighted by molar-refractivity contribution is 7.89. The Kier molecular flexibility index (Phi) is 8.41. The van der Waals surface area contributed by atoms with Gasteiger partial charge in [-0.25, -0.2) is 17.9 Å². The third-order valence-electron chi connectivity index (χ3n) is 4.09. The van der Waals surface area contributed by atoms with Gasteiger partial charge in [0.15, 0.2) is 6.10 Å². The smallest absolute Gasteiger partial charge is 0.330 e. The molecule has 1 unspecified atom stereocenters. The molecule has 0 fully saturated rings. The van der Waals surface area contributed by atoms with Crippen molar-refractivity contribution in [2.45, 2.75) is 39.1 Å². The van der Waals surface area contributed by atoms with Crippen molar-refractivity contribution in [3.05, 3.63) is 62.9 Å². The Morgan fingerprint density at radius 1 is 1.27 bits per heavy atom. The number of nitrogens with zero attached hydrogens (tertiary/aromatic N) is 1. The Balaban J connectivity index is 1.82. The number of benzene rings is 1. The van der Waals surface area contributed by atoms with Crippen molar-refractivity contribution in [2.24, 2.45) is 0 Å². The number of aromatic nitrogens is 2. The summed E-state index contributed by atoms with van der Waals surface area (Å²) in [5.41, 5.74) is -0.340. The lowest BCUT2D eigenvalue weighted by Gasteiger charge is -2.16. The Labute approximate surface area is 175 Å². The van der Waals surface area contributed by atoms with Gasteiger partial charge in [0.05, 0.1) is 5.75 Å². The second-order valence-corrected chi connectivity index (χ2v) is 8.50. The van der Waals surface area contributed by atoms with Gasteiger partial charge in [0.2, 0.25) is 10.0 Å². The molecule has 162 valence electrons. The Hall–Kier alpha value is -2.87. The van der Waals surface area contributed by atoms with Crippen LogP contribution in [0.2, 0.25) is 0 Å². The summed E-state index contributed by atoms with van der Waals surface area (Å²) in [4.78, 5) is 24.6. The maximum atomic E-state index is 12.3. The number of sulfonamides is 1. The number of rotatable bonds is 11. The summed E-state index contributed by atoms with van der Waals surface area (Å²) in [6.45, 7) is 3.53. The zero-order chi connectivity index (χ0) is 22.1. The van der Waals surface area contributed by atoms with Crippen LogP contribution in [0.5, 0.6) is 5.75 Å². The van der Waals surface area contributed by atoms with E-state index in [0.717, 1.165) is 5.56 Å². The average Bonchev–Trinajstić information content (AvgIpc) is 2.69. The van der Waals surface area contributed by atoms with Crippen molar-refractivity contribution in [2.75, 3.05) is 12.4 Å². The molecule has 0 saturated carbocycles. The van der Waals surface area contributed by atoms with Crippen LogP contribution in [0, 0.1) is 12.3 Å². The van der Waals surface area contributed by atoms with Gasteiger partial charge in [0.1, 0.15) is 12.5 Å². The van der Waals surface area contributed by atoms with Crippen LogP contribution in [0.25, 0.3) is 0 Å². The SMILES string of the molecule is C#CC(C)Oc1cccc([C@@H](C)NS(=O)(=O)CCCOCn2ccc(=O)[nH]c2=O)c1. The molecule has 0 saturated heterocycles. The second kappa shape index (κ2) is 10.8. The van der Waals surface area contributed by atoms with Gasteiger partial charge in [-0.2, -0.15) is 0 Å². The number of nitrogens with one attached hydrogen (secondary N) is 2. The molecular formula is C20H25N3O6S. The predicted octanol–water partition coefficient (Wildman–Crippen LogP) is 0.982. The van der Waals surface area contributed by atoms with Crippen molar-refractivity contribution in [1.82, 2.24) is 14.3 Å². The molecule has 9 nitrogen and oxygen atoms in total. The fourth-order valence-electron chi connectivity index (χ4n) is 2.55. The molecule has 0 radical (unpaired) electrons. The zero-order valence-electron chi connectivity index (χ0n) is 16.8. The highest BCUT2D eigenvalue weighted by Gasteiger charge is 2.16. The zero-order valence-corrected chi connectivity index (χ0v) is 17.6. The van der Waals surface area contributed by atoms with Crippen LogP contribution in [-0.4, -0.2) is 36.4 Å². The molecule has 0 amide bonds. The maximum absolute atomic E-state index is 12.3. The van der Waals surface area contributed by atoms with Crippen LogP contribution in [0.1, 0.15) is 31.9 Å². The Bertz CT molecular complexity index is 1100. The lowest BCUT2D eigenvalue weighted by atomic mass is 10.1. The molecule has 1 aromatic heterocycles. The molecule has 0 spiro atoms. The lowest BCUT2D eigenvalue weighted by molar-refractivity contribution is 0.0744. The van der Waals surface area contributed by atoms with E-state index in [0.29, 0.717) is 5.75 Å². The molecule has 0 bridgehead atoms. The van der Waals surface area contributed by atoms with E-state index in [1.165, 1.54) is 16.8 Å². The number of hydrogen-bond donors (Lipinski definition) is 2. The van der Waals surface area contributed by atoms with Crippen molar-refractivity contribution in [3.8, 4) is 18.1 Å². The molecule has 0 aliphatic carbocycles. The number of terminal acetylenes is 1. The van der Waals surface area contributed by atoms with Crippen LogP contribution in [0.4, 0.5) is 0 Å². The molecule has 2 atom stereocenters. The topological polar surface area (TPSA) is 119 Å². The van der Waals surface area contributed by atoms with Gasteiger partial charge in [-0.3, -0.25) is 14.3 Å². The first-order valence-electron chi connectivity index (χ1n) is 9.30.